The van der Waals surface area contributed by atoms with Gasteiger partial charge in [-0.2, -0.15) is 0 Å². The van der Waals surface area contributed by atoms with Gasteiger partial charge in [-0.3, -0.25) is 4.79 Å². The maximum Gasteiger partial charge on any atom is 0.241 e. The van der Waals surface area contributed by atoms with E-state index in [0.29, 0.717) is 6.54 Å². The Morgan fingerprint density at radius 3 is 2.86 bits per heavy atom. The maximum absolute atomic E-state index is 11.1. The number of methoxy groups -OCH3 is 1. The van der Waals surface area contributed by atoms with Crippen LogP contribution in [0.25, 0.3) is 0 Å². The van der Waals surface area contributed by atoms with Gasteiger partial charge >= 0.3 is 0 Å². The van der Waals surface area contributed by atoms with Gasteiger partial charge in [0.2, 0.25) is 5.91 Å². The molecule has 0 aromatic rings. The third kappa shape index (κ3) is 2.94. The van der Waals surface area contributed by atoms with E-state index in [1.165, 1.54) is 0 Å². The lowest BCUT2D eigenvalue weighted by molar-refractivity contribution is -0.142. The van der Waals surface area contributed by atoms with Crippen molar-refractivity contribution in [3.63, 3.8) is 0 Å². The van der Waals surface area contributed by atoms with Gasteiger partial charge in [0.15, 0.2) is 0 Å². The first kappa shape index (κ1) is 11.4. The first-order chi connectivity index (χ1) is 6.65. The number of nitrogens with zero attached hydrogens (tertiary/aromatic N) is 2. The van der Waals surface area contributed by atoms with Crippen molar-refractivity contribution in [1.82, 2.24) is 9.80 Å². The van der Waals surface area contributed by atoms with Crippen LogP contribution < -0.4 is 5.73 Å². The van der Waals surface area contributed by atoms with Crippen LogP contribution in [0, 0.1) is 0 Å². The molecule has 2 N–H and O–H groups in total. The molecular weight excluding hydrogens is 182 g/mol. The lowest BCUT2D eigenvalue weighted by Crippen LogP contribution is -2.61. The Hall–Kier alpha value is -0.650. The van der Waals surface area contributed by atoms with Crippen molar-refractivity contribution in [3.05, 3.63) is 0 Å². The summed E-state index contributed by atoms with van der Waals surface area (Å²) in [5, 5.41) is 0. The number of hydrogen-bond donors (Lipinski definition) is 1. The van der Waals surface area contributed by atoms with Gasteiger partial charge in [-0.25, -0.2) is 0 Å². The van der Waals surface area contributed by atoms with Gasteiger partial charge in [-0.1, -0.05) is 0 Å². The Morgan fingerprint density at radius 2 is 2.36 bits per heavy atom. The van der Waals surface area contributed by atoms with Crippen molar-refractivity contribution in [2.75, 3.05) is 46.9 Å². The highest BCUT2D eigenvalue weighted by Crippen LogP contribution is 2.06. The predicted molar refractivity (Wildman–Crippen MR) is 53.9 cm³/mol. The van der Waals surface area contributed by atoms with Gasteiger partial charge in [0.25, 0.3) is 0 Å². The normalized spacial score (nSPS) is 21.6. The summed E-state index contributed by atoms with van der Waals surface area (Å²) in [6, 6.07) is -0.251. The van der Waals surface area contributed by atoms with E-state index in [1.54, 1.807) is 12.0 Å². The molecule has 1 unspecified atom stereocenters. The minimum absolute atomic E-state index is 0.0742. The molecule has 0 aliphatic carbocycles. The number of likely N-dealkylation sites (tertiary alicyclic amines) is 1. The molecular formula is C9H19N3O2. The molecule has 1 aliphatic rings. The topological polar surface area (TPSA) is 58.8 Å². The lowest BCUT2D eigenvalue weighted by Gasteiger charge is -2.37. The van der Waals surface area contributed by atoms with Crippen LogP contribution in [0.2, 0.25) is 0 Å². The van der Waals surface area contributed by atoms with Crippen molar-refractivity contribution in [2.24, 2.45) is 5.73 Å². The molecule has 14 heavy (non-hydrogen) atoms. The molecule has 82 valence electrons. The fraction of sp³-hybridized carbons (Fsp3) is 0.889. The average molecular weight is 201 g/mol. The van der Waals surface area contributed by atoms with E-state index in [9.17, 15) is 4.79 Å². The lowest BCUT2D eigenvalue weighted by atomic mass is 10.1. The Kier molecular flexibility index (Phi) is 4.31. The molecule has 0 aromatic carbocycles. The number of nitrogens with two attached hydrogens (primary N) is 1. The summed E-state index contributed by atoms with van der Waals surface area (Å²) in [6.07, 6.45) is 0. The standard InChI is InChI=1S/C9H19N3O2/c1-11(5-6-14-2)3-4-12-7-8(10)9(12)13/h8H,3-7,10H2,1-2H3. The van der Waals surface area contributed by atoms with Crippen LogP contribution in [0.5, 0.6) is 0 Å². The van der Waals surface area contributed by atoms with Gasteiger partial charge in [0.05, 0.1) is 6.61 Å². The second-order valence-electron chi connectivity index (χ2n) is 3.69. The van der Waals surface area contributed by atoms with E-state index in [0.717, 1.165) is 26.2 Å². The molecule has 1 heterocycles. The smallest absolute Gasteiger partial charge is 0.241 e. The average Bonchev–Trinajstić information content (AvgIpc) is 2.20. The molecule has 0 spiro atoms. The number of rotatable bonds is 6. The summed E-state index contributed by atoms with van der Waals surface area (Å²) in [5.41, 5.74) is 5.47. The molecule has 5 heteroatoms. The Morgan fingerprint density at radius 1 is 1.64 bits per heavy atom. The van der Waals surface area contributed by atoms with Crippen molar-refractivity contribution >= 4 is 5.91 Å². The number of likely N-dealkylation sites (N-methyl/N-ethyl adjacent to an activating group) is 1. The maximum atomic E-state index is 11.1. The van der Waals surface area contributed by atoms with Crippen LogP contribution >= 0.6 is 0 Å². The molecule has 0 saturated carbocycles. The fourth-order valence-corrected chi connectivity index (χ4v) is 1.38. The third-order valence-corrected chi connectivity index (χ3v) is 2.47. The predicted octanol–water partition coefficient (Wildman–Crippen LogP) is -1.27. The van der Waals surface area contributed by atoms with Crippen LogP contribution in [0.15, 0.2) is 0 Å². The van der Waals surface area contributed by atoms with Gasteiger partial charge in [0, 0.05) is 33.3 Å². The number of carbonyl (C=O) groups is 1. The molecule has 1 rings (SSSR count). The zero-order chi connectivity index (χ0) is 10.6. The largest absolute Gasteiger partial charge is 0.383 e. The van der Waals surface area contributed by atoms with E-state index in [-0.39, 0.29) is 11.9 Å². The molecule has 0 radical (unpaired) electrons. The van der Waals surface area contributed by atoms with E-state index >= 15 is 0 Å². The second kappa shape index (κ2) is 5.29. The Balaban J connectivity index is 2.06. The monoisotopic (exact) mass is 201 g/mol. The van der Waals surface area contributed by atoms with Crippen LogP contribution in [-0.2, 0) is 9.53 Å². The SMILES string of the molecule is COCCN(C)CCN1CC(N)C1=O. The fourth-order valence-electron chi connectivity index (χ4n) is 1.38. The second-order valence-corrected chi connectivity index (χ2v) is 3.69. The summed E-state index contributed by atoms with van der Waals surface area (Å²) >= 11 is 0. The zero-order valence-corrected chi connectivity index (χ0v) is 8.90. The molecule has 1 amide bonds. The van der Waals surface area contributed by atoms with E-state index < -0.39 is 0 Å². The molecule has 1 fully saturated rings. The highest BCUT2D eigenvalue weighted by molar-refractivity contribution is 5.87. The summed E-state index contributed by atoms with van der Waals surface area (Å²) in [4.78, 5) is 15.1. The summed E-state index contributed by atoms with van der Waals surface area (Å²) in [6.45, 7) is 3.97. The van der Waals surface area contributed by atoms with Crippen LogP contribution in [-0.4, -0.2) is 68.7 Å². The number of amides is 1. The molecule has 1 atom stereocenters. The number of β-lactam (4-membered cyclic amide) rings is 1. The molecule has 0 bridgehead atoms. The summed E-state index contributed by atoms with van der Waals surface area (Å²) in [7, 11) is 3.70. The van der Waals surface area contributed by atoms with Crippen molar-refractivity contribution < 1.29 is 9.53 Å². The van der Waals surface area contributed by atoms with Crippen molar-refractivity contribution in [3.8, 4) is 0 Å². The van der Waals surface area contributed by atoms with E-state index in [4.69, 9.17) is 10.5 Å². The first-order valence-corrected chi connectivity index (χ1v) is 4.87. The minimum atomic E-state index is -0.251. The van der Waals surface area contributed by atoms with E-state index in [1.807, 2.05) is 7.05 Å². The third-order valence-electron chi connectivity index (χ3n) is 2.47. The van der Waals surface area contributed by atoms with Gasteiger partial charge in [0.1, 0.15) is 6.04 Å². The molecule has 1 saturated heterocycles. The van der Waals surface area contributed by atoms with Crippen molar-refractivity contribution in [2.45, 2.75) is 6.04 Å². The molecule has 5 nitrogen and oxygen atoms in total. The van der Waals surface area contributed by atoms with Gasteiger partial charge in [-0.15, -0.1) is 0 Å². The van der Waals surface area contributed by atoms with Crippen LogP contribution in [0.1, 0.15) is 0 Å². The van der Waals surface area contributed by atoms with Crippen LogP contribution in [0.3, 0.4) is 0 Å². The van der Waals surface area contributed by atoms with Crippen LogP contribution in [0.4, 0.5) is 0 Å². The summed E-state index contributed by atoms with van der Waals surface area (Å²) in [5.74, 6) is 0.0742. The Labute approximate surface area is 84.8 Å². The first-order valence-electron chi connectivity index (χ1n) is 4.87. The number of hydrogen-bond acceptors (Lipinski definition) is 4. The molecule has 0 aromatic heterocycles. The molecule has 1 aliphatic heterocycles. The van der Waals surface area contributed by atoms with Gasteiger partial charge in [-0.05, 0) is 7.05 Å². The number of carbonyl (C=O) groups excluding carboxylic acids is 1. The Bertz CT molecular complexity index is 198. The van der Waals surface area contributed by atoms with Gasteiger partial charge < -0.3 is 20.3 Å². The zero-order valence-electron chi connectivity index (χ0n) is 8.90. The minimum Gasteiger partial charge on any atom is -0.383 e. The van der Waals surface area contributed by atoms with Crippen molar-refractivity contribution in [1.29, 1.82) is 0 Å². The number of ether oxygens (including phenoxy) is 1. The highest BCUT2D eigenvalue weighted by atomic mass is 16.5. The quantitative estimate of drug-likeness (QED) is 0.545. The van der Waals surface area contributed by atoms with E-state index in [2.05, 4.69) is 4.90 Å². The summed E-state index contributed by atoms with van der Waals surface area (Å²) < 4.78 is 4.96. The highest BCUT2D eigenvalue weighted by Gasteiger charge is 2.32.